The van der Waals surface area contributed by atoms with Crippen molar-refractivity contribution in [3.8, 4) is 5.75 Å². The third kappa shape index (κ3) is 5.88. The molecule has 2 aromatic rings. The number of halogens is 1. The molecule has 0 aliphatic rings. The molecule has 0 heterocycles. The van der Waals surface area contributed by atoms with Crippen LogP contribution < -0.4 is 4.74 Å². The van der Waals surface area contributed by atoms with Crippen LogP contribution in [0.2, 0.25) is 0 Å². The van der Waals surface area contributed by atoms with Crippen molar-refractivity contribution in [3.05, 3.63) is 65.5 Å². The van der Waals surface area contributed by atoms with E-state index in [0.29, 0.717) is 12.0 Å². The Morgan fingerprint density at radius 3 is 2.42 bits per heavy atom. The van der Waals surface area contributed by atoms with Gasteiger partial charge >= 0.3 is 5.97 Å². The van der Waals surface area contributed by atoms with Gasteiger partial charge in [0.05, 0.1) is 7.11 Å². The Labute approximate surface area is 152 Å². The molecule has 0 saturated carbocycles. The van der Waals surface area contributed by atoms with Gasteiger partial charge in [-0.05, 0) is 30.2 Å². The minimum Gasteiger partial charge on any atom is -0.497 e. The van der Waals surface area contributed by atoms with E-state index < -0.39 is 5.97 Å². The number of esters is 1. The Morgan fingerprint density at radius 1 is 1.08 bits per heavy atom. The van der Waals surface area contributed by atoms with E-state index in [0.717, 1.165) is 11.3 Å². The molecular weight excluding hydrogens is 337 g/mol. The summed E-state index contributed by atoms with van der Waals surface area (Å²) in [4.78, 5) is 25.2. The summed E-state index contributed by atoms with van der Waals surface area (Å²) in [6.07, 6.45) is 0.693. The van der Waals surface area contributed by atoms with E-state index in [1.807, 2.05) is 24.3 Å². The molecule has 26 heavy (non-hydrogen) atoms. The molecule has 0 atom stereocenters. The molecule has 0 N–H and O–H groups in total. The van der Waals surface area contributed by atoms with Crippen LogP contribution >= 0.6 is 0 Å². The highest BCUT2D eigenvalue weighted by Gasteiger charge is 2.14. The van der Waals surface area contributed by atoms with Crippen molar-refractivity contribution in [2.45, 2.75) is 19.4 Å². The second-order valence-corrected chi connectivity index (χ2v) is 5.85. The summed E-state index contributed by atoms with van der Waals surface area (Å²) in [5, 5.41) is 0. The lowest BCUT2D eigenvalue weighted by Gasteiger charge is -2.17. The SMILES string of the molecule is COc1ccc(CCC(=O)OCC(=O)N(C)Cc2ccccc2F)cc1. The first kappa shape index (κ1) is 19.4. The number of rotatable bonds is 8. The molecule has 0 aliphatic carbocycles. The van der Waals surface area contributed by atoms with E-state index in [1.54, 1.807) is 32.4 Å². The molecule has 2 aromatic carbocycles. The van der Waals surface area contributed by atoms with E-state index in [4.69, 9.17) is 9.47 Å². The highest BCUT2D eigenvalue weighted by Crippen LogP contribution is 2.13. The first-order valence-electron chi connectivity index (χ1n) is 8.25. The summed E-state index contributed by atoms with van der Waals surface area (Å²) in [5.74, 6) is -0.456. The van der Waals surface area contributed by atoms with Crippen molar-refractivity contribution in [1.82, 2.24) is 4.90 Å². The Hall–Kier alpha value is -2.89. The number of ether oxygens (including phenoxy) is 2. The van der Waals surface area contributed by atoms with Crippen LogP contribution in [0.3, 0.4) is 0 Å². The number of benzene rings is 2. The molecule has 5 nitrogen and oxygen atoms in total. The number of carbonyl (C=O) groups is 2. The Morgan fingerprint density at radius 2 is 1.77 bits per heavy atom. The van der Waals surface area contributed by atoms with Crippen LogP contribution in [0.15, 0.2) is 48.5 Å². The van der Waals surface area contributed by atoms with E-state index in [1.165, 1.54) is 11.0 Å². The van der Waals surface area contributed by atoms with Crippen LogP contribution in [-0.2, 0) is 27.3 Å². The van der Waals surface area contributed by atoms with Crippen LogP contribution in [0.1, 0.15) is 17.5 Å². The van der Waals surface area contributed by atoms with Gasteiger partial charge in [0.15, 0.2) is 6.61 Å². The third-order valence-corrected chi connectivity index (χ3v) is 3.92. The average molecular weight is 359 g/mol. The number of nitrogens with zero attached hydrogens (tertiary/aromatic N) is 1. The Bertz CT molecular complexity index is 746. The van der Waals surface area contributed by atoms with E-state index in [9.17, 15) is 14.0 Å². The minimum absolute atomic E-state index is 0.120. The molecular formula is C20H22FNO4. The molecule has 0 aliphatic heterocycles. The first-order valence-corrected chi connectivity index (χ1v) is 8.25. The van der Waals surface area contributed by atoms with Gasteiger partial charge in [0.25, 0.3) is 5.91 Å². The molecule has 1 amide bonds. The number of likely N-dealkylation sites (N-methyl/N-ethyl adjacent to an activating group) is 1. The highest BCUT2D eigenvalue weighted by molar-refractivity contribution is 5.80. The molecule has 0 aromatic heterocycles. The lowest BCUT2D eigenvalue weighted by molar-refractivity contribution is -0.151. The largest absolute Gasteiger partial charge is 0.497 e. The van der Waals surface area contributed by atoms with Gasteiger partial charge in [-0.1, -0.05) is 30.3 Å². The van der Waals surface area contributed by atoms with Crippen molar-refractivity contribution in [1.29, 1.82) is 0 Å². The van der Waals surface area contributed by atoms with Gasteiger partial charge < -0.3 is 14.4 Å². The lowest BCUT2D eigenvalue weighted by Crippen LogP contribution is -2.31. The smallest absolute Gasteiger partial charge is 0.306 e. The average Bonchev–Trinajstić information content (AvgIpc) is 2.66. The van der Waals surface area contributed by atoms with Gasteiger partial charge in [-0.2, -0.15) is 0 Å². The van der Waals surface area contributed by atoms with E-state index in [-0.39, 0.29) is 31.3 Å². The van der Waals surface area contributed by atoms with Crippen molar-refractivity contribution < 1.29 is 23.5 Å². The fourth-order valence-corrected chi connectivity index (χ4v) is 2.33. The van der Waals surface area contributed by atoms with Gasteiger partial charge in [0, 0.05) is 25.6 Å². The molecule has 2 rings (SSSR count). The maximum absolute atomic E-state index is 13.6. The van der Waals surface area contributed by atoms with Crippen LogP contribution in [0.4, 0.5) is 4.39 Å². The maximum Gasteiger partial charge on any atom is 0.306 e. The van der Waals surface area contributed by atoms with E-state index >= 15 is 0 Å². The van der Waals surface area contributed by atoms with Crippen LogP contribution in [0.25, 0.3) is 0 Å². The predicted molar refractivity (Wildman–Crippen MR) is 95.1 cm³/mol. The second kappa shape index (κ2) is 9.56. The summed E-state index contributed by atoms with van der Waals surface area (Å²) in [5.41, 5.74) is 1.39. The van der Waals surface area contributed by atoms with Crippen molar-refractivity contribution in [3.63, 3.8) is 0 Å². The number of amides is 1. The number of aryl methyl sites for hydroxylation is 1. The fourth-order valence-electron chi connectivity index (χ4n) is 2.33. The molecule has 0 bridgehead atoms. The fraction of sp³-hybridized carbons (Fsp3) is 0.300. The van der Waals surface area contributed by atoms with Crippen LogP contribution in [0.5, 0.6) is 5.75 Å². The molecule has 0 unspecified atom stereocenters. The highest BCUT2D eigenvalue weighted by atomic mass is 19.1. The summed E-state index contributed by atoms with van der Waals surface area (Å²) < 4.78 is 23.7. The molecule has 6 heteroatoms. The van der Waals surface area contributed by atoms with Gasteiger partial charge in [0.1, 0.15) is 11.6 Å². The topological polar surface area (TPSA) is 55.8 Å². The summed E-state index contributed by atoms with van der Waals surface area (Å²) >= 11 is 0. The Balaban J connectivity index is 1.73. The number of hydrogen-bond donors (Lipinski definition) is 0. The van der Waals surface area contributed by atoms with Gasteiger partial charge in [0.2, 0.25) is 0 Å². The minimum atomic E-state index is -0.451. The quantitative estimate of drug-likeness (QED) is 0.680. The number of methoxy groups -OCH3 is 1. The third-order valence-electron chi connectivity index (χ3n) is 3.92. The second-order valence-electron chi connectivity index (χ2n) is 5.85. The number of hydrogen-bond acceptors (Lipinski definition) is 4. The van der Waals surface area contributed by atoms with Crippen molar-refractivity contribution in [2.24, 2.45) is 0 Å². The molecule has 0 spiro atoms. The molecule has 138 valence electrons. The zero-order chi connectivity index (χ0) is 18.9. The zero-order valence-electron chi connectivity index (χ0n) is 14.9. The Kier molecular flexibility index (Phi) is 7.14. The standard InChI is InChI=1S/C20H22FNO4/c1-22(13-16-5-3-4-6-18(16)21)19(23)14-26-20(24)12-9-15-7-10-17(25-2)11-8-15/h3-8,10-11H,9,12-14H2,1-2H3. The van der Waals surface area contributed by atoms with Crippen LogP contribution in [0, 0.1) is 5.82 Å². The van der Waals surface area contributed by atoms with E-state index in [2.05, 4.69) is 0 Å². The predicted octanol–water partition coefficient (Wildman–Crippen LogP) is 2.97. The first-order chi connectivity index (χ1) is 12.5. The van der Waals surface area contributed by atoms with Crippen molar-refractivity contribution >= 4 is 11.9 Å². The summed E-state index contributed by atoms with van der Waals surface area (Å²) in [6, 6.07) is 13.6. The number of carbonyl (C=O) groups excluding carboxylic acids is 2. The molecule has 0 radical (unpaired) electrons. The molecule has 0 saturated heterocycles. The monoisotopic (exact) mass is 359 g/mol. The zero-order valence-corrected chi connectivity index (χ0v) is 14.9. The summed E-state index contributed by atoms with van der Waals surface area (Å²) in [6.45, 7) is -0.235. The maximum atomic E-state index is 13.6. The van der Waals surface area contributed by atoms with Crippen LogP contribution in [-0.4, -0.2) is 37.5 Å². The lowest BCUT2D eigenvalue weighted by atomic mass is 10.1. The van der Waals surface area contributed by atoms with Crippen molar-refractivity contribution in [2.75, 3.05) is 20.8 Å². The van der Waals surface area contributed by atoms with Gasteiger partial charge in [-0.25, -0.2) is 4.39 Å². The molecule has 0 fully saturated rings. The summed E-state index contributed by atoms with van der Waals surface area (Å²) in [7, 11) is 3.13. The normalized spacial score (nSPS) is 10.3. The van der Waals surface area contributed by atoms with Gasteiger partial charge in [-0.15, -0.1) is 0 Å². The van der Waals surface area contributed by atoms with Gasteiger partial charge in [-0.3, -0.25) is 9.59 Å².